The van der Waals surface area contributed by atoms with Crippen molar-refractivity contribution < 1.29 is 8.78 Å². The maximum Gasteiger partial charge on any atom is 0.130 e. The molecule has 0 saturated carbocycles. The van der Waals surface area contributed by atoms with Gasteiger partial charge in [-0.2, -0.15) is 0 Å². The van der Waals surface area contributed by atoms with Gasteiger partial charge in [0.2, 0.25) is 0 Å². The molecular weight excluding hydrogens is 256 g/mol. The predicted octanol–water partition coefficient (Wildman–Crippen LogP) is 4.08. The maximum absolute atomic E-state index is 14.0. The van der Waals surface area contributed by atoms with Gasteiger partial charge < -0.3 is 5.32 Å². The molecule has 1 atom stereocenters. The Labute approximate surface area is 118 Å². The SMILES string of the molecule is CNC(Cc1cccc(C)c1)c1cc(C)c(F)cc1F. The van der Waals surface area contributed by atoms with Crippen LogP contribution in [-0.4, -0.2) is 7.05 Å². The molecule has 0 aliphatic carbocycles. The van der Waals surface area contributed by atoms with Crippen molar-refractivity contribution in [1.29, 1.82) is 0 Å². The average Bonchev–Trinajstić information content (AvgIpc) is 2.40. The molecule has 0 heterocycles. The van der Waals surface area contributed by atoms with Crippen molar-refractivity contribution >= 4 is 0 Å². The van der Waals surface area contributed by atoms with Gasteiger partial charge in [-0.15, -0.1) is 0 Å². The van der Waals surface area contributed by atoms with E-state index in [0.717, 1.165) is 11.6 Å². The molecule has 1 unspecified atom stereocenters. The summed E-state index contributed by atoms with van der Waals surface area (Å²) in [7, 11) is 1.79. The van der Waals surface area contributed by atoms with Gasteiger partial charge in [0.05, 0.1) is 0 Å². The number of halogens is 2. The molecular formula is C17H19F2N. The van der Waals surface area contributed by atoms with E-state index in [9.17, 15) is 8.78 Å². The summed E-state index contributed by atoms with van der Waals surface area (Å²) in [4.78, 5) is 0. The molecule has 0 bridgehead atoms. The fraction of sp³-hybridized carbons (Fsp3) is 0.294. The van der Waals surface area contributed by atoms with Gasteiger partial charge in [0.25, 0.3) is 0 Å². The molecule has 106 valence electrons. The molecule has 2 aromatic carbocycles. The third-order valence-corrected chi connectivity index (χ3v) is 3.52. The molecule has 0 fully saturated rings. The molecule has 0 spiro atoms. The molecule has 2 rings (SSSR count). The van der Waals surface area contributed by atoms with E-state index in [1.165, 1.54) is 5.56 Å². The van der Waals surface area contributed by atoms with Crippen LogP contribution in [0.15, 0.2) is 36.4 Å². The van der Waals surface area contributed by atoms with Crippen LogP contribution >= 0.6 is 0 Å². The van der Waals surface area contributed by atoms with Crippen molar-refractivity contribution in [3.05, 3.63) is 70.3 Å². The highest BCUT2D eigenvalue weighted by atomic mass is 19.1. The summed E-state index contributed by atoms with van der Waals surface area (Å²) in [6.45, 7) is 3.68. The minimum atomic E-state index is -0.503. The molecule has 0 radical (unpaired) electrons. The first-order chi connectivity index (χ1) is 9.51. The van der Waals surface area contributed by atoms with Crippen LogP contribution in [0.25, 0.3) is 0 Å². The summed E-state index contributed by atoms with van der Waals surface area (Å²) in [5.74, 6) is -1.00. The molecule has 1 nitrogen and oxygen atoms in total. The molecule has 0 saturated heterocycles. The first kappa shape index (κ1) is 14.7. The second kappa shape index (κ2) is 6.14. The first-order valence-corrected chi connectivity index (χ1v) is 6.69. The Balaban J connectivity index is 2.31. The predicted molar refractivity (Wildman–Crippen MR) is 77.8 cm³/mol. The second-order valence-electron chi connectivity index (χ2n) is 5.16. The number of hydrogen-bond donors (Lipinski definition) is 1. The van der Waals surface area contributed by atoms with Crippen LogP contribution < -0.4 is 5.32 Å². The van der Waals surface area contributed by atoms with Crippen LogP contribution in [0.1, 0.15) is 28.3 Å². The van der Waals surface area contributed by atoms with E-state index in [4.69, 9.17) is 0 Å². The Kier molecular flexibility index (Phi) is 4.50. The van der Waals surface area contributed by atoms with Gasteiger partial charge in [-0.05, 0) is 44.5 Å². The van der Waals surface area contributed by atoms with Crippen LogP contribution in [0.3, 0.4) is 0 Å². The lowest BCUT2D eigenvalue weighted by Gasteiger charge is -2.18. The molecule has 2 aromatic rings. The topological polar surface area (TPSA) is 12.0 Å². The molecule has 1 N–H and O–H groups in total. The quantitative estimate of drug-likeness (QED) is 0.886. The molecule has 0 aromatic heterocycles. The van der Waals surface area contributed by atoms with Crippen molar-refractivity contribution in [2.75, 3.05) is 7.05 Å². The van der Waals surface area contributed by atoms with Crippen molar-refractivity contribution in [3.63, 3.8) is 0 Å². The number of hydrogen-bond acceptors (Lipinski definition) is 1. The molecule has 0 aliphatic rings. The molecule has 0 aliphatic heterocycles. The van der Waals surface area contributed by atoms with Gasteiger partial charge >= 0.3 is 0 Å². The van der Waals surface area contributed by atoms with Crippen molar-refractivity contribution in [2.45, 2.75) is 26.3 Å². The minimum Gasteiger partial charge on any atom is -0.313 e. The third kappa shape index (κ3) is 3.23. The van der Waals surface area contributed by atoms with E-state index in [-0.39, 0.29) is 6.04 Å². The molecule has 20 heavy (non-hydrogen) atoms. The fourth-order valence-corrected chi connectivity index (χ4v) is 2.39. The van der Waals surface area contributed by atoms with Crippen LogP contribution in [0.4, 0.5) is 8.78 Å². The monoisotopic (exact) mass is 275 g/mol. The van der Waals surface area contributed by atoms with Crippen LogP contribution in [0, 0.1) is 25.5 Å². The number of rotatable bonds is 4. The smallest absolute Gasteiger partial charge is 0.130 e. The summed E-state index contributed by atoms with van der Waals surface area (Å²) in [6.07, 6.45) is 0.667. The lowest BCUT2D eigenvalue weighted by atomic mass is 9.96. The lowest BCUT2D eigenvalue weighted by molar-refractivity contribution is 0.519. The van der Waals surface area contributed by atoms with Crippen LogP contribution in [-0.2, 0) is 6.42 Å². The third-order valence-electron chi connectivity index (χ3n) is 3.52. The Hall–Kier alpha value is -1.74. The van der Waals surface area contributed by atoms with E-state index in [1.807, 2.05) is 25.1 Å². The van der Waals surface area contributed by atoms with Gasteiger partial charge in [-0.25, -0.2) is 8.78 Å². The summed E-state index contributed by atoms with van der Waals surface area (Å²) >= 11 is 0. The fourth-order valence-electron chi connectivity index (χ4n) is 2.39. The number of aryl methyl sites for hydroxylation is 2. The second-order valence-corrected chi connectivity index (χ2v) is 5.16. The Bertz CT molecular complexity index is 608. The zero-order valence-corrected chi connectivity index (χ0v) is 12.0. The standard InChI is InChI=1S/C17H19F2N/c1-11-5-4-6-13(7-11)9-17(20-3)14-8-12(2)15(18)10-16(14)19/h4-8,10,17,20H,9H2,1-3H3. The minimum absolute atomic E-state index is 0.170. The van der Waals surface area contributed by atoms with Crippen LogP contribution in [0.2, 0.25) is 0 Å². The van der Waals surface area contributed by atoms with Gasteiger partial charge in [0.15, 0.2) is 0 Å². The van der Waals surface area contributed by atoms with E-state index >= 15 is 0 Å². The van der Waals surface area contributed by atoms with Crippen molar-refractivity contribution in [2.24, 2.45) is 0 Å². The normalized spacial score (nSPS) is 12.4. The maximum atomic E-state index is 14.0. The van der Waals surface area contributed by atoms with Gasteiger partial charge in [-0.3, -0.25) is 0 Å². The van der Waals surface area contributed by atoms with E-state index < -0.39 is 11.6 Å². The first-order valence-electron chi connectivity index (χ1n) is 6.69. The van der Waals surface area contributed by atoms with E-state index in [1.54, 1.807) is 20.0 Å². The number of nitrogens with one attached hydrogen (secondary N) is 1. The summed E-state index contributed by atoms with van der Waals surface area (Å²) in [5.41, 5.74) is 3.28. The van der Waals surface area contributed by atoms with Gasteiger partial charge in [0.1, 0.15) is 11.6 Å². The summed E-state index contributed by atoms with van der Waals surface area (Å²) in [6, 6.07) is 10.5. The van der Waals surface area contributed by atoms with Crippen molar-refractivity contribution in [3.8, 4) is 0 Å². The lowest BCUT2D eigenvalue weighted by Crippen LogP contribution is -2.20. The summed E-state index contributed by atoms with van der Waals surface area (Å²) < 4.78 is 27.3. The highest BCUT2D eigenvalue weighted by molar-refractivity contribution is 5.31. The average molecular weight is 275 g/mol. The van der Waals surface area contributed by atoms with E-state index in [2.05, 4.69) is 11.4 Å². The van der Waals surface area contributed by atoms with Crippen molar-refractivity contribution in [1.82, 2.24) is 5.32 Å². The highest BCUT2D eigenvalue weighted by Crippen LogP contribution is 2.24. The molecule has 0 amide bonds. The number of likely N-dealkylation sites (N-methyl/N-ethyl adjacent to an activating group) is 1. The largest absolute Gasteiger partial charge is 0.313 e. The van der Waals surface area contributed by atoms with Gasteiger partial charge in [-0.1, -0.05) is 29.8 Å². The zero-order valence-electron chi connectivity index (χ0n) is 12.0. The highest BCUT2D eigenvalue weighted by Gasteiger charge is 2.16. The van der Waals surface area contributed by atoms with Gasteiger partial charge in [0, 0.05) is 17.7 Å². The molecule has 3 heteroatoms. The Morgan fingerprint density at radius 1 is 1.05 bits per heavy atom. The summed E-state index contributed by atoms with van der Waals surface area (Å²) in [5, 5.41) is 3.11. The van der Waals surface area contributed by atoms with Crippen LogP contribution in [0.5, 0.6) is 0 Å². The number of benzene rings is 2. The Morgan fingerprint density at radius 3 is 2.45 bits per heavy atom. The Morgan fingerprint density at radius 2 is 1.80 bits per heavy atom. The zero-order chi connectivity index (χ0) is 14.7. The van der Waals surface area contributed by atoms with E-state index in [0.29, 0.717) is 17.5 Å².